The van der Waals surface area contributed by atoms with Crippen LogP contribution in [0.25, 0.3) is 0 Å². The first-order chi connectivity index (χ1) is 17.8. The lowest BCUT2D eigenvalue weighted by Crippen LogP contribution is -2.15. The van der Waals surface area contributed by atoms with Gasteiger partial charge in [0.15, 0.2) is 0 Å². The van der Waals surface area contributed by atoms with Crippen molar-refractivity contribution in [3.8, 4) is 12.1 Å². The Morgan fingerprint density at radius 1 is 0.389 bits per heavy atom. The molecule has 0 radical (unpaired) electrons. The lowest BCUT2D eigenvalue weighted by Gasteiger charge is -2.30. The molecular weight excluding hydrogens is 440 g/mol. The zero-order valence-corrected chi connectivity index (χ0v) is 19.5. The monoisotopic (exact) mass is 462 g/mol. The van der Waals surface area contributed by atoms with Crippen LogP contribution in [0.5, 0.6) is 0 Å². The Bertz CT molecular complexity index is 1340. The quantitative estimate of drug-likeness (QED) is 0.254. The van der Waals surface area contributed by atoms with Crippen molar-refractivity contribution in [1.29, 1.82) is 10.5 Å². The van der Waals surface area contributed by atoms with E-state index in [1.54, 1.807) is 6.07 Å². The third kappa shape index (κ3) is 4.40. The van der Waals surface area contributed by atoms with Gasteiger partial charge in [0.05, 0.1) is 22.5 Å². The van der Waals surface area contributed by atoms with Gasteiger partial charge < -0.3 is 9.80 Å². The van der Waals surface area contributed by atoms with E-state index in [0.717, 1.165) is 22.7 Å². The average Bonchev–Trinajstić information content (AvgIpc) is 2.96. The molecular formula is C32H22N4. The summed E-state index contributed by atoms with van der Waals surface area (Å²) in [6.45, 7) is 0. The molecule has 0 spiro atoms. The molecule has 4 nitrogen and oxygen atoms in total. The number of hydrogen-bond donors (Lipinski definition) is 0. The number of nitriles is 2. The van der Waals surface area contributed by atoms with Crippen LogP contribution in [0.3, 0.4) is 0 Å². The molecule has 0 aliphatic rings. The van der Waals surface area contributed by atoms with Gasteiger partial charge in [0, 0.05) is 22.7 Å². The molecule has 0 fully saturated rings. The third-order valence-electron chi connectivity index (χ3n) is 5.89. The minimum atomic E-state index is 0.420. The number of hydrogen-bond acceptors (Lipinski definition) is 4. The van der Waals surface area contributed by atoms with Gasteiger partial charge in [-0.3, -0.25) is 0 Å². The Labute approximate surface area is 211 Å². The van der Waals surface area contributed by atoms with E-state index >= 15 is 0 Å². The van der Waals surface area contributed by atoms with E-state index in [4.69, 9.17) is 0 Å². The lowest BCUT2D eigenvalue weighted by atomic mass is 10.0. The summed E-state index contributed by atoms with van der Waals surface area (Å²) in [5.74, 6) is 0. The molecule has 0 aromatic heterocycles. The molecule has 4 heteroatoms. The lowest BCUT2D eigenvalue weighted by molar-refractivity contribution is 1.23. The SMILES string of the molecule is N#Cc1cc(C#N)c(N(c2ccccc2)c2ccccc2)cc1N(c1ccccc1)c1ccccc1. The van der Waals surface area contributed by atoms with Crippen LogP contribution in [0, 0.1) is 22.7 Å². The first kappa shape index (κ1) is 22.5. The number of para-hydroxylation sites is 4. The van der Waals surface area contributed by atoms with Crippen molar-refractivity contribution in [2.75, 3.05) is 9.80 Å². The van der Waals surface area contributed by atoms with Crippen molar-refractivity contribution in [1.82, 2.24) is 0 Å². The molecule has 170 valence electrons. The van der Waals surface area contributed by atoms with E-state index in [2.05, 4.69) is 21.9 Å². The van der Waals surface area contributed by atoms with Crippen LogP contribution in [0.2, 0.25) is 0 Å². The third-order valence-corrected chi connectivity index (χ3v) is 5.89. The molecule has 0 saturated heterocycles. The van der Waals surface area contributed by atoms with Gasteiger partial charge in [-0.25, -0.2) is 0 Å². The first-order valence-electron chi connectivity index (χ1n) is 11.6. The molecule has 36 heavy (non-hydrogen) atoms. The molecule has 0 bridgehead atoms. The fourth-order valence-corrected chi connectivity index (χ4v) is 4.29. The number of rotatable bonds is 6. The fourth-order valence-electron chi connectivity index (χ4n) is 4.29. The van der Waals surface area contributed by atoms with E-state index in [-0.39, 0.29) is 0 Å². The molecule has 0 aliphatic heterocycles. The summed E-state index contributed by atoms with van der Waals surface area (Å²) in [4.78, 5) is 4.11. The highest BCUT2D eigenvalue weighted by molar-refractivity contribution is 5.88. The minimum Gasteiger partial charge on any atom is -0.309 e. The zero-order chi connectivity index (χ0) is 24.7. The number of benzene rings is 5. The van der Waals surface area contributed by atoms with Crippen LogP contribution in [0.1, 0.15) is 11.1 Å². The predicted molar refractivity (Wildman–Crippen MR) is 145 cm³/mol. The Morgan fingerprint density at radius 3 is 0.917 bits per heavy atom. The minimum absolute atomic E-state index is 0.420. The van der Waals surface area contributed by atoms with Crippen LogP contribution in [-0.4, -0.2) is 0 Å². The van der Waals surface area contributed by atoms with E-state index in [1.807, 2.05) is 127 Å². The van der Waals surface area contributed by atoms with E-state index < -0.39 is 0 Å². The van der Waals surface area contributed by atoms with Gasteiger partial charge in [0.1, 0.15) is 12.1 Å². The van der Waals surface area contributed by atoms with Crippen LogP contribution in [0.4, 0.5) is 34.1 Å². The van der Waals surface area contributed by atoms with Crippen LogP contribution in [-0.2, 0) is 0 Å². The van der Waals surface area contributed by atoms with Crippen LogP contribution in [0.15, 0.2) is 133 Å². The molecule has 0 unspecified atom stereocenters. The summed E-state index contributed by atoms with van der Waals surface area (Å²) >= 11 is 0. The zero-order valence-electron chi connectivity index (χ0n) is 19.5. The molecule has 0 aliphatic carbocycles. The second-order valence-electron chi connectivity index (χ2n) is 8.12. The molecule has 0 N–H and O–H groups in total. The van der Waals surface area contributed by atoms with Crippen LogP contribution >= 0.6 is 0 Å². The smallest absolute Gasteiger partial charge is 0.101 e. The first-order valence-corrected chi connectivity index (χ1v) is 11.6. The normalized spacial score (nSPS) is 10.2. The summed E-state index contributed by atoms with van der Waals surface area (Å²) in [6, 6.07) is 48.0. The van der Waals surface area contributed by atoms with Gasteiger partial charge in [0.2, 0.25) is 0 Å². The number of anilines is 6. The highest BCUT2D eigenvalue weighted by Gasteiger charge is 2.23. The van der Waals surface area contributed by atoms with E-state index in [1.165, 1.54) is 0 Å². The van der Waals surface area contributed by atoms with Crippen molar-refractivity contribution in [3.05, 3.63) is 145 Å². The maximum Gasteiger partial charge on any atom is 0.101 e. The van der Waals surface area contributed by atoms with Gasteiger partial charge in [-0.05, 0) is 60.7 Å². The molecule has 5 rings (SSSR count). The molecule has 0 heterocycles. The summed E-state index contributed by atoms with van der Waals surface area (Å²) < 4.78 is 0. The van der Waals surface area contributed by atoms with Gasteiger partial charge in [-0.2, -0.15) is 10.5 Å². The summed E-state index contributed by atoms with van der Waals surface area (Å²) in [5.41, 5.74) is 5.90. The van der Waals surface area contributed by atoms with Crippen molar-refractivity contribution in [2.45, 2.75) is 0 Å². The number of nitrogens with zero attached hydrogens (tertiary/aromatic N) is 4. The van der Waals surface area contributed by atoms with E-state index in [9.17, 15) is 10.5 Å². The summed E-state index contributed by atoms with van der Waals surface area (Å²) in [6.07, 6.45) is 0. The summed E-state index contributed by atoms with van der Waals surface area (Å²) in [5, 5.41) is 20.3. The van der Waals surface area contributed by atoms with E-state index in [0.29, 0.717) is 22.5 Å². The summed E-state index contributed by atoms with van der Waals surface area (Å²) in [7, 11) is 0. The van der Waals surface area contributed by atoms with Crippen molar-refractivity contribution < 1.29 is 0 Å². The fraction of sp³-hybridized carbons (Fsp3) is 0. The average molecular weight is 463 g/mol. The van der Waals surface area contributed by atoms with Crippen molar-refractivity contribution >= 4 is 34.1 Å². The molecule has 0 amide bonds. The molecule has 5 aromatic rings. The van der Waals surface area contributed by atoms with Crippen molar-refractivity contribution in [2.24, 2.45) is 0 Å². The highest BCUT2D eigenvalue weighted by Crippen LogP contribution is 2.43. The maximum absolute atomic E-state index is 10.1. The topological polar surface area (TPSA) is 54.1 Å². The van der Waals surface area contributed by atoms with Crippen molar-refractivity contribution in [3.63, 3.8) is 0 Å². The second-order valence-corrected chi connectivity index (χ2v) is 8.12. The Kier molecular flexibility index (Phi) is 6.43. The molecule has 0 saturated carbocycles. The predicted octanol–water partition coefficient (Wildman–Crippen LogP) is 8.37. The standard InChI is InChI=1S/C32H22N4/c33-23-25-21-26(24-34)32(36(29-17-9-3-10-18-29)30-19-11-4-12-20-30)22-31(25)35(27-13-5-1-6-14-27)28-15-7-2-8-16-28/h1-22H. The van der Waals surface area contributed by atoms with Crippen LogP contribution < -0.4 is 9.80 Å². The second kappa shape index (κ2) is 10.3. The van der Waals surface area contributed by atoms with Gasteiger partial charge in [0.25, 0.3) is 0 Å². The maximum atomic E-state index is 10.1. The molecule has 5 aromatic carbocycles. The van der Waals surface area contributed by atoms with Gasteiger partial charge in [-0.1, -0.05) is 72.8 Å². The highest BCUT2D eigenvalue weighted by atomic mass is 15.2. The van der Waals surface area contributed by atoms with Gasteiger partial charge in [-0.15, -0.1) is 0 Å². The Balaban J connectivity index is 1.80. The van der Waals surface area contributed by atoms with Gasteiger partial charge >= 0.3 is 0 Å². The molecule has 0 atom stereocenters. The largest absolute Gasteiger partial charge is 0.309 e. The Hall–Kier alpha value is -5.32. The Morgan fingerprint density at radius 2 is 0.667 bits per heavy atom.